The molecule has 6 nitrogen and oxygen atoms in total. The van der Waals surface area contributed by atoms with Gasteiger partial charge in [-0.1, -0.05) is 11.6 Å². The number of carbonyl (C=O) groups excluding carboxylic acids is 1. The second-order valence-electron chi connectivity index (χ2n) is 6.09. The number of rotatable bonds is 8. The fraction of sp³-hybridized carbons (Fsp3) is 0.529. The van der Waals surface area contributed by atoms with Gasteiger partial charge in [0.05, 0.1) is 12.8 Å². The van der Waals surface area contributed by atoms with E-state index >= 15 is 0 Å². The average Bonchev–Trinajstić information content (AvgIpc) is 2.55. The lowest BCUT2D eigenvalue weighted by Crippen LogP contribution is -2.40. The zero-order chi connectivity index (χ0) is 17.4. The molecule has 0 unspecified atom stereocenters. The molecule has 1 amide bonds. The van der Waals surface area contributed by atoms with Gasteiger partial charge in [0.15, 0.2) is 0 Å². The Morgan fingerprint density at radius 2 is 2.04 bits per heavy atom. The number of allylic oxidation sites excluding steroid dienone is 1. The molecule has 1 aromatic heterocycles. The van der Waals surface area contributed by atoms with Crippen LogP contribution in [0, 0.1) is 0 Å². The summed E-state index contributed by atoms with van der Waals surface area (Å²) in [5.74, 6) is -0.272. The molecule has 1 aliphatic rings. The summed E-state index contributed by atoms with van der Waals surface area (Å²) in [6.07, 6.45) is 12.1. The van der Waals surface area contributed by atoms with E-state index in [0.717, 1.165) is 31.1 Å². The Bertz CT molecular complexity index is 672. The molecule has 0 aliphatic heterocycles. The number of nitrogens with one attached hydrogen (secondary N) is 1. The van der Waals surface area contributed by atoms with Gasteiger partial charge in [-0.15, -0.1) is 0 Å². The third-order valence-electron chi connectivity index (χ3n) is 4.05. The van der Waals surface area contributed by atoms with Crippen molar-refractivity contribution in [3.63, 3.8) is 0 Å². The molecule has 0 radical (unpaired) electrons. The average molecular weight is 351 g/mol. The van der Waals surface area contributed by atoms with Gasteiger partial charge in [0.1, 0.15) is 0 Å². The maximum Gasteiger partial charge on any atom is 0.235 e. The molecule has 1 aromatic rings. The van der Waals surface area contributed by atoms with Crippen molar-refractivity contribution in [1.82, 2.24) is 14.6 Å². The van der Waals surface area contributed by atoms with E-state index in [2.05, 4.69) is 16.4 Å². The molecule has 132 valence electrons. The molecule has 24 heavy (non-hydrogen) atoms. The Hall–Kier alpha value is -1.73. The first kappa shape index (κ1) is 18.6. The topological polar surface area (TPSA) is 79.4 Å². The molecule has 0 atom stereocenters. The van der Waals surface area contributed by atoms with Crippen LogP contribution in [0.4, 0.5) is 0 Å². The minimum atomic E-state index is -3.46. The first-order valence-corrected chi connectivity index (χ1v) is 10.1. The maximum atomic E-state index is 12.1. The zero-order valence-electron chi connectivity index (χ0n) is 14.1. The summed E-state index contributed by atoms with van der Waals surface area (Å²) in [7, 11) is -3.46. The second kappa shape index (κ2) is 8.94. The maximum absolute atomic E-state index is 12.1. The van der Waals surface area contributed by atoms with Gasteiger partial charge in [0.2, 0.25) is 15.9 Å². The van der Waals surface area contributed by atoms with Crippen molar-refractivity contribution in [2.75, 3.05) is 19.3 Å². The number of amides is 1. The van der Waals surface area contributed by atoms with Crippen LogP contribution < -0.4 is 5.32 Å². The van der Waals surface area contributed by atoms with Gasteiger partial charge in [-0.2, -0.15) is 4.31 Å². The minimum Gasteiger partial charge on any atom is -0.355 e. The Morgan fingerprint density at radius 3 is 2.67 bits per heavy atom. The fourth-order valence-corrected chi connectivity index (χ4v) is 3.43. The molecule has 7 heteroatoms. The Kier molecular flexibility index (Phi) is 6.93. The van der Waals surface area contributed by atoms with Crippen molar-refractivity contribution in [3.05, 3.63) is 41.7 Å². The Labute approximate surface area is 144 Å². The predicted octanol–water partition coefficient (Wildman–Crippen LogP) is 1.85. The molecule has 0 spiro atoms. The Balaban J connectivity index is 1.84. The fourth-order valence-electron chi connectivity index (χ4n) is 2.69. The van der Waals surface area contributed by atoms with Gasteiger partial charge in [-0.25, -0.2) is 8.42 Å². The highest BCUT2D eigenvalue weighted by Gasteiger charge is 2.20. The first-order chi connectivity index (χ1) is 11.4. The molecular weight excluding hydrogens is 326 g/mol. The van der Waals surface area contributed by atoms with Crippen molar-refractivity contribution in [2.45, 2.75) is 38.6 Å². The molecule has 1 heterocycles. The van der Waals surface area contributed by atoms with E-state index in [4.69, 9.17) is 0 Å². The van der Waals surface area contributed by atoms with E-state index < -0.39 is 10.0 Å². The summed E-state index contributed by atoms with van der Waals surface area (Å²) in [4.78, 5) is 16.0. The number of sulfonamides is 1. The van der Waals surface area contributed by atoms with Gasteiger partial charge in [0.25, 0.3) is 0 Å². The van der Waals surface area contributed by atoms with E-state index in [0.29, 0.717) is 6.54 Å². The monoisotopic (exact) mass is 351 g/mol. The molecule has 0 aromatic carbocycles. The van der Waals surface area contributed by atoms with Crippen LogP contribution in [-0.4, -0.2) is 43.0 Å². The normalized spacial score (nSPS) is 15.2. The molecule has 0 saturated heterocycles. The van der Waals surface area contributed by atoms with Gasteiger partial charge in [-0.3, -0.25) is 9.78 Å². The number of pyridine rings is 1. The van der Waals surface area contributed by atoms with Crippen molar-refractivity contribution < 1.29 is 13.2 Å². The number of carbonyl (C=O) groups is 1. The smallest absolute Gasteiger partial charge is 0.235 e. The lowest BCUT2D eigenvalue weighted by Gasteiger charge is -2.20. The van der Waals surface area contributed by atoms with Crippen LogP contribution in [0.1, 0.15) is 37.7 Å². The predicted molar refractivity (Wildman–Crippen MR) is 93.7 cm³/mol. The van der Waals surface area contributed by atoms with E-state index in [1.54, 1.807) is 24.5 Å². The first-order valence-electron chi connectivity index (χ1n) is 8.24. The number of nitrogens with zero attached hydrogens (tertiary/aromatic N) is 2. The van der Waals surface area contributed by atoms with Crippen LogP contribution >= 0.6 is 0 Å². The third-order valence-corrected chi connectivity index (χ3v) is 5.25. The lowest BCUT2D eigenvalue weighted by molar-refractivity contribution is -0.121. The van der Waals surface area contributed by atoms with Crippen LogP contribution in [0.15, 0.2) is 36.2 Å². The van der Waals surface area contributed by atoms with Crippen LogP contribution in [-0.2, 0) is 21.4 Å². The van der Waals surface area contributed by atoms with Gasteiger partial charge >= 0.3 is 0 Å². The van der Waals surface area contributed by atoms with Crippen molar-refractivity contribution in [2.24, 2.45) is 0 Å². The third kappa shape index (κ3) is 6.41. The summed E-state index contributed by atoms with van der Waals surface area (Å²) in [5, 5.41) is 2.82. The molecular formula is C17H25N3O3S. The van der Waals surface area contributed by atoms with Crippen LogP contribution in [0.25, 0.3) is 0 Å². The van der Waals surface area contributed by atoms with Crippen LogP contribution in [0.3, 0.4) is 0 Å². The van der Waals surface area contributed by atoms with Gasteiger partial charge in [0, 0.05) is 25.5 Å². The standard InChI is InChI=1S/C17H25N3O3S/c1-24(22,23)20(13-16-7-10-18-11-8-16)14-17(21)19-12-9-15-5-3-2-4-6-15/h5,7-8,10-11H,2-4,6,9,12-14H2,1H3,(H,19,21). The second-order valence-corrected chi connectivity index (χ2v) is 8.08. The largest absolute Gasteiger partial charge is 0.355 e. The molecule has 0 fully saturated rings. The van der Waals surface area contributed by atoms with Gasteiger partial charge < -0.3 is 5.32 Å². The van der Waals surface area contributed by atoms with E-state index in [-0.39, 0.29) is 19.0 Å². The zero-order valence-corrected chi connectivity index (χ0v) is 14.9. The van der Waals surface area contributed by atoms with Crippen molar-refractivity contribution >= 4 is 15.9 Å². The molecule has 2 rings (SSSR count). The molecule has 1 aliphatic carbocycles. The molecule has 1 N–H and O–H groups in total. The van der Waals surface area contributed by atoms with Crippen LogP contribution in [0.5, 0.6) is 0 Å². The van der Waals surface area contributed by atoms with E-state index in [1.165, 1.54) is 22.7 Å². The summed E-state index contributed by atoms with van der Waals surface area (Å²) in [6, 6.07) is 3.48. The summed E-state index contributed by atoms with van der Waals surface area (Å²) >= 11 is 0. The highest BCUT2D eigenvalue weighted by molar-refractivity contribution is 7.88. The van der Waals surface area contributed by atoms with E-state index in [9.17, 15) is 13.2 Å². The lowest BCUT2D eigenvalue weighted by atomic mass is 9.97. The van der Waals surface area contributed by atoms with Crippen molar-refractivity contribution in [1.29, 1.82) is 0 Å². The van der Waals surface area contributed by atoms with Crippen molar-refractivity contribution in [3.8, 4) is 0 Å². The molecule has 0 saturated carbocycles. The van der Waals surface area contributed by atoms with Crippen LogP contribution in [0.2, 0.25) is 0 Å². The highest BCUT2D eigenvalue weighted by Crippen LogP contribution is 2.19. The minimum absolute atomic E-state index is 0.166. The number of hydrogen-bond acceptors (Lipinski definition) is 4. The Morgan fingerprint density at radius 1 is 1.29 bits per heavy atom. The van der Waals surface area contributed by atoms with E-state index in [1.807, 2.05) is 0 Å². The number of aromatic nitrogens is 1. The SMILES string of the molecule is CS(=O)(=O)N(CC(=O)NCCC1=CCCCC1)Cc1ccncc1. The molecule has 0 bridgehead atoms. The quantitative estimate of drug-likeness (QED) is 0.725. The summed E-state index contributed by atoms with van der Waals surface area (Å²) in [5.41, 5.74) is 2.19. The highest BCUT2D eigenvalue weighted by atomic mass is 32.2. The van der Waals surface area contributed by atoms with Gasteiger partial charge in [-0.05, 0) is 49.8 Å². The number of hydrogen-bond donors (Lipinski definition) is 1. The summed E-state index contributed by atoms with van der Waals surface area (Å²) < 4.78 is 25.0. The summed E-state index contributed by atoms with van der Waals surface area (Å²) in [6.45, 7) is 0.553.